The Kier molecular flexibility index (Phi) is 1.53. The van der Waals surface area contributed by atoms with E-state index in [0.717, 1.165) is 0 Å². The fraction of sp³-hybridized carbons (Fsp3) is 1.00. The Balaban J connectivity index is 2.71. The minimum Gasteiger partial charge on any atom is -0.394 e. The van der Waals surface area contributed by atoms with Crippen molar-refractivity contribution in [2.75, 3.05) is 6.56 Å². The van der Waals surface area contributed by atoms with E-state index in [1.165, 1.54) is 0 Å². The van der Waals surface area contributed by atoms with Gasteiger partial charge >= 0.3 is 0 Å². The van der Waals surface area contributed by atoms with E-state index in [9.17, 15) is 0 Å². The first-order chi connectivity index (χ1) is 5.34. The molecule has 4 atom stereocenters. The molecule has 0 radical (unpaired) electrons. The molecule has 1 rings (SSSR count). The van der Waals surface area contributed by atoms with Gasteiger partial charge < -0.3 is 25.2 Å². The molecule has 0 saturated carbocycles. The zero-order valence-corrected chi connectivity index (χ0v) is 5.01. The predicted octanol–water partition coefficient (Wildman–Crippen LogP) is -2.58. The summed E-state index contributed by atoms with van der Waals surface area (Å²) in [5.41, 5.74) is 0. The summed E-state index contributed by atoms with van der Waals surface area (Å²) in [6, 6.07) is 0. The van der Waals surface area contributed by atoms with Crippen LogP contribution in [-0.4, -0.2) is 51.6 Å². The van der Waals surface area contributed by atoms with E-state index < -0.39 is 31.2 Å². The number of aliphatic hydroxyl groups is 4. The van der Waals surface area contributed by atoms with Crippen LogP contribution in [0.3, 0.4) is 0 Å². The lowest BCUT2D eigenvalue weighted by molar-refractivity contribution is -0.132. The van der Waals surface area contributed by atoms with E-state index in [2.05, 4.69) is 4.74 Å². The maximum atomic E-state index is 9.03. The molecule has 0 aromatic heterocycles. The van der Waals surface area contributed by atoms with Gasteiger partial charge in [-0.1, -0.05) is 0 Å². The second kappa shape index (κ2) is 2.81. The predicted molar refractivity (Wildman–Crippen MR) is 30.0 cm³/mol. The van der Waals surface area contributed by atoms with Crippen molar-refractivity contribution in [3.63, 3.8) is 0 Å². The fourth-order valence-corrected chi connectivity index (χ4v) is 0.766. The molecule has 5 nitrogen and oxygen atoms in total. The molecule has 0 amide bonds. The van der Waals surface area contributed by atoms with E-state index in [-0.39, 0.29) is 0 Å². The van der Waals surface area contributed by atoms with Gasteiger partial charge in [-0.3, -0.25) is 0 Å². The van der Waals surface area contributed by atoms with Gasteiger partial charge in [-0.15, -0.1) is 0 Å². The third-order valence-corrected chi connectivity index (χ3v) is 1.37. The molecular weight excluding hydrogens is 140 g/mol. The normalized spacial score (nSPS) is 52.4. The van der Waals surface area contributed by atoms with E-state index in [0.29, 0.717) is 0 Å². The van der Waals surface area contributed by atoms with Crippen LogP contribution in [0.4, 0.5) is 0 Å². The zero-order chi connectivity index (χ0) is 9.52. The quantitative estimate of drug-likeness (QED) is 0.331. The van der Waals surface area contributed by atoms with E-state index in [1.54, 1.807) is 0 Å². The molecule has 1 heterocycles. The third-order valence-electron chi connectivity index (χ3n) is 1.37. The van der Waals surface area contributed by atoms with Gasteiger partial charge in [-0.05, 0) is 0 Å². The van der Waals surface area contributed by atoms with Gasteiger partial charge in [0.2, 0.25) is 0 Å². The van der Waals surface area contributed by atoms with E-state index in [4.69, 9.17) is 23.2 Å². The van der Waals surface area contributed by atoms with Crippen molar-refractivity contribution in [1.29, 1.82) is 0 Å². The standard InChI is InChI=1S/C5H10O5/c6-1-2-3(7)4(8)5(9)10-2/h2-9H,1H2/t2-,3?,4+,5?/m1/s1/i1D2. The minimum absolute atomic E-state index is 1.59. The number of hydrogen-bond acceptors (Lipinski definition) is 5. The van der Waals surface area contributed by atoms with Crippen LogP contribution in [0, 0.1) is 0 Å². The summed E-state index contributed by atoms with van der Waals surface area (Å²) < 4.78 is 17.9. The number of aliphatic hydroxyl groups excluding tert-OH is 3. The molecule has 5 heteroatoms. The number of hydrogen-bond donors (Lipinski definition) is 4. The van der Waals surface area contributed by atoms with Crippen molar-refractivity contribution in [3.8, 4) is 0 Å². The van der Waals surface area contributed by atoms with Crippen LogP contribution >= 0.6 is 0 Å². The van der Waals surface area contributed by atoms with Crippen LogP contribution < -0.4 is 0 Å². The summed E-state index contributed by atoms with van der Waals surface area (Å²) in [6.07, 6.45) is -6.49. The molecular formula is C5H10O5. The Morgan fingerprint density at radius 1 is 1.30 bits per heavy atom. The second-order valence-corrected chi connectivity index (χ2v) is 2.06. The summed E-state index contributed by atoms with van der Waals surface area (Å²) in [4.78, 5) is 0. The summed E-state index contributed by atoms with van der Waals surface area (Å²) in [6.45, 7) is -2.78. The highest BCUT2D eigenvalue weighted by Crippen LogP contribution is 2.18. The molecule has 1 aliphatic rings. The molecule has 0 aromatic rings. The Morgan fingerprint density at radius 2 is 1.90 bits per heavy atom. The number of rotatable bonds is 1. The highest BCUT2D eigenvalue weighted by Gasteiger charge is 2.41. The summed E-state index contributed by atoms with van der Waals surface area (Å²) in [5.74, 6) is 0. The van der Waals surface area contributed by atoms with Gasteiger partial charge in [0.1, 0.15) is 18.3 Å². The van der Waals surface area contributed by atoms with Crippen molar-refractivity contribution in [3.05, 3.63) is 0 Å². The second-order valence-electron chi connectivity index (χ2n) is 2.06. The zero-order valence-electron chi connectivity index (χ0n) is 7.01. The largest absolute Gasteiger partial charge is 0.394 e. The Labute approximate surface area is 60.3 Å². The Hall–Kier alpha value is -0.200. The van der Waals surface area contributed by atoms with Crippen LogP contribution in [-0.2, 0) is 4.74 Å². The average Bonchev–Trinajstić information content (AvgIpc) is 2.15. The van der Waals surface area contributed by atoms with Gasteiger partial charge in [-0.2, -0.15) is 0 Å². The Bertz CT molecular complexity index is 170. The smallest absolute Gasteiger partial charge is 0.184 e. The summed E-state index contributed by atoms with van der Waals surface area (Å²) in [7, 11) is 0. The molecule has 0 aliphatic carbocycles. The third kappa shape index (κ3) is 1.14. The maximum absolute atomic E-state index is 9.03. The van der Waals surface area contributed by atoms with Crippen LogP contribution in [0.15, 0.2) is 0 Å². The van der Waals surface area contributed by atoms with Crippen molar-refractivity contribution >= 4 is 0 Å². The lowest BCUT2D eigenvalue weighted by Gasteiger charge is -2.09. The molecule has 10 heavy (non-hydrogen) atoms. The van der Waals surface area contributed by atoms with E-state index in [1.807, 2.05) is 0 Å². The highest BCUT2D eigenvalue weighted by molar-refractivity contribution is 4.84. The van der Waals surface area contributed by atoms with Crippen molar-refractivity contribution in [2.45, 2.75) is 24.6 Å². The lowest BCUT2D eigenvalue weighted by atomic mass is 10.1. The molecule has 0 bridgehead atoms. The molecule has 0 aromatic carbocycles. The SMILES string of the molecule is [2H]C([2H])(O)[C@H]1OC(O)[C@@H](O)C1O. The Morgan fingerprint density at radius 3 is 2.10 bits per heavy atom. The molecule has 1 aliphatic heterocycles. The van der Waals surface area contributed by atoms with Gasteiger partial charge in [0, 0.05) is 0 Å². The van der Waals surface area contributed by atoms with Crippen molar-refractivity contribution in [1.82, 2.24) is 0 Å². The molecule has 60 valence electrons. The van der Waals surface area contributed by atoms with E-state index >= 15 is 0 Å². The van der Waals surface area contributed by atoms with Crippen LogP contribution in [0.2, 0.25) is 0 Å². The first-order valence-electron chi connectivity index (χ1n) is 3.76. The minimum atomic E-state index is -2.78. The molecule has 4 N–H and O–H groups in total. The summed E-state index contributed by atoms with van der Waals surface area (Å²) in [5, 5.41) is 35.5. The van der Waals surface area contributed by atoms with Gasteiger partial charge in [-0.25, -0.2) is 0 Å². The fourth-order valence-electron chi connectivity index (χ4n) is 0.766. The van der Waals surface area contributed by atoms with Crippen LogP contribution in [0.1, 0.15) is 2.74 Å². The first-order valence-corrected chi connectivity index (χ1v) is 2.76. The van der Waals surface area contributed by atoms with Gasteiger partial charge in [0.15, 0.2) is 6.29 Å². The summed E-state index contributed by atoms with van der Waals surface area (Å²) >= 11 is 0. The van der Waals surface area contributed by atoms with Gasteiger partial charge in [0.05, 0.1) is 9.30 Å². The molecule has 0 spiro atoms. The number of ether oxygens (including phenoxy) is 1. The maximum Gasteiger partial charge on any atom is 0.184 e. The molecule has 1 saturated heterocycles. The van der Waals surface area contributed by atoms with Gasteiger partial charge in [0.25, 0.3) is 0 Å². The van der Waals surface area contributed by atoms with Crippen molar-refractivity contribution in [2.24, 2.45) is 0 Å². The first kappa shape index (κ1) is 5.45. The van der Waals surface area contributed by atoms with Crippen LogP contribution in [0.25, 0.3) is 0 Å². The van der Waals surface area contributed by atoms with Crippen LogP contribution in [0.5, 0.6) is 0 Å². The monoisotopic (exact) mass is 152 g/mol. The highest BCUT2D eigenvalue weighted by atomic mass is 16.6. The molecule has 2 unspecified atom stereocenters. The van der Waals surface area contributed by atoms with Crippen molar-refractivity contribution < 1.29 is 27.9 Å². The molecule has 1 fully saturated rings. The lowest BCUT2D eigenvalue weighted by Crippen LogP contribution is -2.33. The topological polar surface area (TPSA) is 90.2 Å². The average molecular weight is 152 g/mol.